The van der Waals surface area contributed by atoms with Crippen LogP contribution in [0.4, 0.5) is 23.2 Å². The molecule has 1 aromatic heterocycles. The number of anilines is 1. The lowest BCUT2D eigenvalue weighted by Crippen LogP contribution is -2.13. The van der Waals surface area contributed by atoms with Crippen LogP contribution in [-0.4, -0.2) is 5.91 Å². The Kier molecular flexibility index (Phi) is 6.88. The maximum absolute atomic E-state index is 13.8. The zero-order chi connectivity index (χ0) is 24.2. The number of hydrogen-bond donors (Lipinski definition) is 1. The van der Waals surface area contributed by atoms with Crippen LogP contribution in [0.15, 0.2) is 71.1 Å². The molecular formula is C25H16ClF4NO3. The summed E-state index contributed by atoms with van der Waals surface area (Å²) in [5.41, 5.74) is 0.460. The third-order valence-electron chi connectivity index (χ3n) is 4.85. The van der Waals surface area contributed by atoms with Crippen LogP contribution in [0, 0.1) is 23.3 Å². The summed E-state index contributed by atoms with van der Waals surface area (Å²) in [4.78, 5) is 12.4. The summed E-state index contributed by atoms with van der Waals surface area (Å²) in [6.45, 7) is -0.0220. The maximum Gasteiger partial charge on any atom is 0.291 e. The van der Waals surface area contributed by atoms with E-state index in [1.54, 1.807) is 18.2 Å². The van der Waals surface area contributed by atoms with Gasteiger partial charge in [-0.3, -0.25) is 4.79 Å². The Bertz CT molecular complexity index is 1340. The molecule has 0 aliphatic carbocycles. The number of nitrogens with one attached hydrogen (secondary N) is 1. The van der Waals surface area contributed by atoms with Crippen LogP contribution in [0.1, 0.15) is 27.4 Å². The van der Waals surface area contributed by atoms with Gasteiger partial charge >= 0.3 is 0 Å². The van der Waals surface area contributed by atoms with Crippen LogP contribution in [0.3, 0.4) is 0 Å². The first-order valence-corrected chi connectivity index (χ1v) is 10.4. The van der Waals surface area contributed by atoms with Crippen molar-refractivity contribution in [2.45, 2.75) is 13.0 Å². The molecule has 0 aliphatic heterocycles. The number of carbonyl (C=O) groups is 1. The molecule has 0 spiro atoms. The molecule has 1 heterocycles. The molecule has 4 aromatic rings. The van der Waals surface area contributed by atoms with Gasteiger partial charge in [-0.1, -0.05) is 23.7 Å². The number of carbonyl (C=O) groups excluding carboxylic acids is 1. The summed E-state index contributed by atoms with van der Waals surface area (Å²) in [6, 6.07) is 14.5. The average Bonchev–Trinajstić information content (AvgIpc) is 3.27. The smallest absolute Gasteiger partial charge is 0.291 e. The van der Waals surface area contributed by atoms with Crippen molar-refractivity contribution >= 4 is 23.2 Å². The van der Waals surface area contributed by atoms with Gasteiger partial charge in [0.1, 0.15) is 35.4 Å². The van der Waals surface area contributed by atoms with Crippen molar-refractivity contribution in [3.63, 3.8) is 0 Å². The molecular weight excluding hydrogens is 474 g/mol. The molecule has 0 fully saturated rings. The van der Waals surface area contributed by atoms with E-state index in [0.717, 1.165) is 24.3 Å². The van der Waals surface area contributed by atoms with Crippen molar-refractivity contribution in [2.24, 2.45) is 0 Å². The van der Waals surface area contributed by atoms with E-state index >= 15 is 0 Å². The Labute approximate surface area is 196 Å². The highest BCUT2D eigenvalue weighted by Gasteiger charge is 2.17. The van der Waals surface area contributed by atoms with Gasteiger partial charge in [0, 0.05) is 17.0 Å². The van der Waals surface area contributed by atoms with Crippen molar-refractivity contribution in [3.8, 4) is 5.75 Å². The van der Waals surface area contributed by atoms with Gasteiger partial charge in [0.2, 0.25) is 0 Å². The quantitative estimate of drug-likeness (QED) is 0.287. The van der Waals surface area contributed by atoms with Crippen molar-refractivity contribution in [1.29, 1.82) is 0 Å². The first kappa shape index (κ1) is 23.4. The Morgan fingerprint density at radius 3 is 2.38 bits per heavy atom. The second-order valence-corrected chi connectivity index (χ2v) is 7.72. The summed E-state index contributed by atoms with van der Waals surface area (Å²) >= 11 is 6.10. The van der Waals surface area contributed by atoms with Gasteiger partial charge in [0.15, 0.2) is 17.4 Å². The minimum Gasteiger partial charge on any atom is -0.489 e. The van der Waals surface area contributed by atoms with Crippen LogP contribution in [0.5, 0.6) is 5.75 Å². The number of halogens is 5. The third kappa shape index (κ3) is 5.40. The lowest BCUT2D eigenvalue weighted by molar-refractivity contribution is 0.0994. The van der Waals surface area contributed by atoms with E-state index in [0.29, 0.717) is 27.7 Å². The highest BCUT2D eigenvalue weighted by molar-refractivity contribution is 6.30. The fourth-order valence-electron chi connectivity index (χ4n) is 3.19. The summed E-state index contributed by atoms with van der Waals surface area (Å²) in [5, 5.41) is 2.58. The topological polar surface area (TPSA) is 51.5 Å². The molecule has 9 heteroatoms. The van der Waals surface area contributed by atoms with Gasteiger partial charge in [-0.15, -0.1) is 0 Å². The standard InChI is InChI=1S/C25H16ClF4NO3/c26-16-5-8-22(33-13-14-4-7-18(27)21(30)10-14)15(11-16)12-17-6-9-23(34-17)25(32)31-24-19(28)2-1-3-20(24)29/h1-11H,12-13H2,(H,31,32). The molecule has 4 nitrogen and oxygen atoms in total. The van der Waals surface area contributed by atoms with Crippen LogP contribution in [0.2, 0.25) is 5.02 Å². The third-order valence-corrected chi connectivity index (χ3v) is 5.09. The Hall–Kier alpha value is -3.78. The maximum atomic E-state index is 13.8. The second kappa shape index (κ2) is 10.0. The minimum absolute atomic E-state index is 0.0220. The molecule has 174 valence electrons. The lowest BCUT2D eigenvalue weighted by Gasteiger charge is -2.12. The number of amides is 1. The number of para-hydroxylation sites is 1. The number of ether oxygens (including phenoxy) is 1. The van der Waals surface area contributed by atoms with Crippen LogP contribution in [0.25, 0.3) is 0 Å². The first-order chi connectivity index (χ1) is 16.3. The first-order valence-electron chi connectivity index (χ1n) is 9.99. The van der Waals surface area contributed by atoms with Gasteiger partial charge in [-0.05, 0) is 60.2 Å². The van der Waals surface area contributed by atoms with Crippen LogP contribution < -0.4 is 10.1 Å². The van der Waals surface area contributed by atoms with E-state index in [9.17, 15) is 22.4 Å². The van der Waals surface area contributed by atoms with Crippen LogP contribution >= 0.6 is 11.6 Å². The molecule has 0 saturated heterocycles. The van der Waals surface area contributed by atoms with Crippen molar-refractivity contribution in [2.75, 3.05) is 5.32 Å². The Morgan fingerprint density at radius 2 is 1.65 bits per heavy atom. The number of furan rings is 1. The van der Waals surface area contributed by atoms with E-state index < -0.39 is 34.9 Å². The number of hydrogen-bond acceptors (Lipinski definition) is 3. The summed E-state index contributed by atoms with van der Waals surface area (Å²) in [6.07, 6.45) is 0.176. The molecule has 4 rings (SSSR count). The molecule has 34 heavy (non-hydrogen) atoms. The van der Waals surface area contributed by atoms with Crippen molar-refractivity contribution < 1.29 is 31.5 Å². The van der Waals surface area contributed by atoms with E-state index in [4.69, 9.17) is 20.8 Å². The monoisotopic (exact) mass is 489 g/mol. The van der Waals surface area contributed by atoms with Gasteiger partial charge < -0.3 is 14.5 Å². The molecule has 0 saturated carbocycles. The summed E-state index contributed by atoms with van der Waals surface area (Å²) < 4.78 is 65.4. The molecule has 3 aromatic carbocycles. The highest BCUT2D eigenvalue weighted by Crippen LogP contribution is 2.28. The second-order valence-electron chi connectivity index (χ2n) is 7.28. The van der Waals surface area contributed by atoms with Gasteiger partial charge in [-0.25, -0.2) is 17.6 Å². The predicted molar refractivity (Wildman–Crippen MR) is 118 cm³/mol. The molecule has 1 amide bonds. The average molecular weight is 490 g/mol. The van der Waals surface area contributed by atoms with Crippen molar-refractivity contribution in [3.05, 3.63) is 118 Å². The molecule has 0 aliphatic rings. The van der Waals surface area contributed by atoms with Crippen LogP contribution in [-0.2, 0) is 13.0 Å². The SMILES string of the molecule is O=C(Nc1c(F)cccc1F)c1ccc(Cc2cc(Cl)ccc2OCc2ccc(F)c(F)c2)o1. The minimum atomic E-state index is -0.978. The fourth-order valence-corrected chi connectivity index (χ4v) is 3.39. The molecule has 1 N–H and O–H groups in total. The van der Waals surface area contributed by atoms with E-state index in [2.05, 4.69) is 5.32 Å². The number of benzene rings is 3. The van der Waals surface area contributed by atoms with Crippen molar-refractivity contribution in [1.82, 2.24) is 0 Å². The van der Waals surface area contributed by atoms with E-state index in [1.807, 2.05) is 0 Å². The number of rotatable bonds is 7. The molecule has 0 atom stereocenters. The van der Waals surface area contributed by atoms with E-state index in [-0.39, 0.29) is 18.8 Å². The van der Waals surface area contributed by atoms with E-state index in [1.165, 1.54) is 24.3 Å². The summed E-state index contributed by atoms with van der Waals surface area (Å²) in [5.74, 6) is -3.95. The normalized spacial score (nSPS) is 10.9. The molecule has 0 bridgehead atoms. The molecule has 0 unspecified atom stereocenters. The van der Waals surface area contributed by atoms with Gasteiger partial charge in [-0.2, -0.15) is 0 Å². The van der Waals surface area contributed by atoms with Gasteiger partial charge in [0.05, 0.1) is 0 Å². The van der Waals surface area contributed by atoms with Gasteiger partial charge in [0.25, 0.3) is 5.91 Å². The largest absolute Gasteiger partial charge is 0.489 e. The zero-order valence-electron chi connectivity index (χ0n) is 17.4. The molecule has 0 radical (unpaired) electrons. The highest BCUT2D eigenvalue weighted by atomic mass is 35.5. The fraction of sp³-hybridized carbons (Fsp3) is 0.0800. The Morgan fingerprint density at radius 1 is 0.882 bits per heavy atom. The predicted octanol–water partition coefficient (Wildman–Crippen LogP) is 6.91. The lowest BCUT2D eigenvalue weighted by atomic mass is 10.1. The zero-order valence-corrected chi connectivity index (χ0v) is 18.1. The Balaban J connectivity index is 1.48. The summed E-state index contributed by atoms with van der Waals surface area (Å²) in [7, 11) is 0.